The lowest BCUT2D eigenvalue weighted by Crippen LogP contribution is -2.29. The van der Waals surface area contributed by atoms with Crippen LogP contribution in [0.5, 0.6) is 0 Å². The maximum atomic E-state index is 12.3. The van der Waals surface area contributed by atoms with Gasteiger partial charge in [-0.05, 0) is 37.5 Å². The summed E-state index contributed by atoms with van der Waals surface area (Å²) in [6, 6.07) is 5.19. The molecule has 0 radical (unpaired) electrons. The number of amides is 1. The molecule has 1 aromatic heterocycles. The maximum Gasteiger partial charge on any atom is 0.287 e. The van der Waals surface area contributed by atoms with Crippen molar-refractivity contribution >= 4 is 38.3 Å². The first-order valence-electron chi connectivity index (χ1n) is 7.03. The van der Waals surface area contributed by atoms with E-state index in [1.165, 1.54) is 0 Å². The Morgan fingerprint density at radius 2 is 2.23 bits per heavy atom. The van der Waals surface area contributed by atoms with Gasteiger partial charge in [0.15, 0.2) is 15.6 Å². The highest BCUT2D eigenvalue weighted by Crippen LogP contribution is 2.28. The van der Waals surface area contributed by atoms with Crippen LogP contribution in [0.15, 0.2) is 22.6 Å². The number of hydrogen-bond acceptors (Lipinski definition) is 4. The number of nitrogens with one attached hydrogen (secondary N) is 1. The fourth-order valence-electron chi connectivity index (χ4n) is 2.76. The van der Waals surface area contributed by atoms with Crippen molar-refractivity contribution in [2.24, 2.45) is 5.92 Å². The molecule has 0 spiro atoms. The van der Waals surface area contributed by atoms with Crippen molar-refractivity contribution in [3.8, 4) is 0 Å². The number of carbonyl (C=O) groups excluding carboxylic acids is 1. The normalized spacial score (nSPS) is 20.4. The Balaban J connectivity index is 1.74. The molecular weight excluding hydrogens is 326 g/mol. The molecular formula is C15H16ClNO4S. The molecule has 0 aliphatic carbocycles. The number of carbonyl (C=O) groups is 1. The minimum Gasteiger partial charge on any atom is -0.451 e. The predicted octanol–water partition coefficient (Wildman–Crippen LogP) is 2.56. The summed E-state index contributed by atoms with van der Waals surface area (Å²) in [6.45, 7) is 2.15. The Labute approximate surface area is 133 Å². The summed E-state index contributed by atoms with van der Waals surface area (Å²) in [5, 5.41) is 4.15. The first kappa shape index (κ1) is 15.4. The Hall–Kier alpha value is -1.53. The van der Waals surface area contributed by atoms with E-state index < -0.39 is 9.84 Å². The fourth-order valence-corrected chi connectivity index (χ4v) is 4.79. The number of rotatable bonds is 3. The van der Waals surface area contributed by atoms with Gasteiger partial charge < -0.3 is 9.73 Å². The topological polar surface area (TPSA) is 76.4 Å². The van der Waals surface area contributed by atoms with Gasteiger partial charge in [0.2, 0.25) is 0 Å². The van der Waals surface area contributed by atoms with Crippen molar-refractivity contribution in [2.45, 2.75) is 13.3 Å². The molecule has 1 aliphatic heterocycles. The van der Waals surface area contributed by atoms with Crippen LogP contribution in [0.1, 0.15) is 22.5 Å². The van der Waals surface area contributed by atoms with E-state index in [1.807, 2.05) is 0 Å². The standard InChI is InChI=1S/C15H16ClNO4S/c1-9-12-6-11(16)2-3-13(12)21-14(9)15(18)17-7-10-4-5-22(19,20)8-10/h2-3,6,10H,4-5,7-8H2,1H3,(H,17,18). The van der Waals surface area contributed by atoms with Gasteiger partial charge in [-0.3, -0.25) is 4.79 Å². The molecule has 1 fully saturated rings. The number of aryl methyl sites for hydroxylation is 1. The van der Waals surface area contributed by atoms with E-state index in [-0.39, 0.29) is 29.1 Å². The van der Waals surface area contributed by atoms with E-state index >= 15 is 0 Å². The van der Waals surface area contributed by atoms with Gasteiger partial charge in [0.1, 0.15) is 5.58 Å². The first-order valence-corrected chi connectivity index (χ1v) is 9.23. The third-order valence-electron chi connectivity index (χ3n) is 3.98. The van der Waals surface area contributed by atoms with E-state index in [2.05, 4.69) is 5.32 Å². The quantitative estimate of drug-likeness (QED) is 0.930. The third kappa shape index (κ3) is 2.98. The number of hydrogen-bond donors (Lipinski definition) is 1. The molecule has 1 aromatic carbocycles. The average molecular weight is 342 g/mol. The fraction of sp³-hybridized carbons (Fsp3) is 0.400. The summed E-state index contributed by atoms with van der Waals surface area (Å²) < 4.78 is 28.4. The highest BCUT2D eigenvalue weighted by atomic mass is 35.5. The second-order valence-electron chi connectivity index (χ2n) is 5.68. The summed E-state index contributed by atoms with van der Waals surface area (Å²) in [5.41, 5.74) is 1.34. The Kier molecular flexibility index (Phi) is 3.91. The van der Waals surface area contributed by atoms with E-state index in [4.69, 9.17) is 16.0 Å². The van der Waals surface area contributed by atoms with Gasteiger partial charge in [0, 0.05) is 22.5 Å². The summed E-state index contributed by atoms with van der Waals surface area (Å²) in [4.78, 5) is 12.3. The zero-order valence-electron chi connectivity index (χ0n) is 12.1. The summed E-state index contributed by atoms with van der Waals surface area (Å²) in [5.74, 6) is 0.248. The molecule has 7 heteroatoms. The van der Waals surface area contributed by atoms with Crippen molar-refractivity contribution in [1.29, 1.82) is 0 Å². The van der Waals surface area contributed by atoms with Crippen LogP contribution in [0.2, 0.25) is 5.02 Å². The Morgan fingerprint density at radius 3 is 2.91 bits per heavy atom. The molecule has 5 nitrogen and oxygen atoms in total. The summed E-state index contributed by atoms with van der Waals surface area (Å²) >= 11 is 5.95. The monoisotopic (exact) mass is 341 g/mol. The lowest BCUT2D eigenvalue weighted by molar-refractivity contribution is 0.0922. The van der Waals surface area contributed by atoms with Crippen LogP contribution in [-0.4, -0.2) is 32.4 Å². The van der Waals surface area contributed by atoms with Gasteiger partial charge in [0.05, 0.1) is 11.5 Å². The van der Waals surface area contributed by atoms with E-state index in [0.29, 0.717) is 23.6 Å². The van der Waals surface area contributed by atoms with Crippen molar-refractivity contribution in [3.05, 3.63) is 34.5 Å². The lowest BCUT2D eigenvalue weighted by Gasteiger charge is -2.08. The van der Waals surface area contributed by atoms with E-state index in [0.717, 1.165) is 10.9 Å². The van der Waals surface area contributed by atoms with Crippen molar-refractivity contribution in [3.63, 3.8) is 0 Å². The van der Waals surface area contributed by atoms with Gasteiger partial charge in [-0.1, -0.05) is 11.6 Å². The molecule has 1 unspecified atom stereocenters. The zero-order chi connectivity index (χ0) is 15.9. The van der Waals surface area contributed by atoms with Crippen molar-refractivity contribution < 1.29 is 17.6 Å². The molecule has 118 valence electrons. The molecule has 1 amide bonds. The molecule has 1 saturated heterocycles. The molecule has 3 rings (SSSR count). The molecule has 1 aliphatic rings. The highest BCUT2D eigenvalue weighted by molar-refractivity contribution is 7.91. The van der Waals surface area contributed by atoms with Gasteiger partial charge >= 0.3 is 0 Å². The zero-order valence-corrected chi connectivity index (χ0v) is 13.6. The predicted molar refractivity (Wildman–Crippen MR) is 85.1 cm³/mol. The van der Waals surface area contributed by atoms with Crippen LogP contribution in [0.3, 0.4) is 0 Å². The van der Waals surface area contributed by atoms with Crippen LogP contribution < -0.4 is 5.32 Å². The van der Waals surface area contributed by atoms with Crippen LogP contribution in [0.4, 0.5) is 0 Å². The summed E-state index contributed by atoms with van der Waals surface area (Å²) in [6.07, 6.45) is 0.595. The van der Waals surface area contributed by atoms with Crippen LogP contribution in [-0.2, 0) is 9.84 Å². The molecule has 0 saturated carbocycles. The largest absolute Gasteiger partial charge is 0.451 e. The number of fused-ring (bicyclic) bond motifs is 1. The van der Waals surface area contributed by atoms with Gasteiger partial charge in [-0.25, -0.2) is 8.42 Å². The smallest absolute Gasteiger partial charge is 0.287 e. The van der Waals surface area contributed by atoms with Crippen LogP contribution in [0, 0.1) is 12.8 Å². The summed E-state index contributed by atoms with van der Waals surface area (Å²) in [7, 11) is -2.93. The first-order chi connectivity index (χ1) is 10.4. The number of furan rings is 1. The molecule has 1 N–H and O–H groups in total. The molecule has 1 atom stereocenters. The van der Waals surface area contributed by atoms with Crippen LogP contribution in [0.25, 0.3) is 11.0 Å². The van der Waals surface area contributed by atoms with E-state index in [1.54, 1.807) is 25.1 Å². The van der Waals surface area contributed by atoms with Gasteiger partial charge in [0.25, 0.3) is 5.91 Å². The second-order valence-corrected chi connectivity index (χ2v) is 8.34. The van der Waals surface area contributed by atoms with Crippen molar-refractivity contribution in [2.75, 3.05) is 18.1 Å². The van der Waals surface area contributed by atoms with Crippen LogP contribution >= 0.6 is 11.6 Å². The van der Waals surface area contributed by atoms with Crippen molar-refractivity contribution in [1.82, 2.24) is 5.32 Å². The minimum atomic E-state index is -2.93. The molecule has 0 bridgehead atoms. The SMILES string of the molecule is Cc1c(C(=O)NCC2CCS(=O)(=O)C2)oc2ccc(Cl)cc12. The van der Waals surface area contributed by atoms with Gasteiger partial charge in [-0.2, -0.15) is 0 Å². The van der Waals surface area contributed by atoms with Gasteiger partial charge in [-0.15, -0.1) is 0 Å². The lowest BCUT2D eigenvalue weighted by atomic mass is 10.1. The molecule has 22 heavy (non-hydrogen) atoms. The molecule has 2 aromatic rings. The number of benzene rings is 1. The second kappa shape index (κ2) is 5.59. The molecule has 2 heterocycles. The highest BCUT2D eigenvalue weighted by Gasteiger charge is 2.28. The average Bonchev–Trinajstić information content (AvgIpc) is 2.97. The Morgan fingerprint density at radius 1 is 1.45 bits per heavy atom. The number of sulfone groups is 1. The third-order valence-corrected chi connectivity index (χ3v) is 6.05. The maximum absolute atomic E-state index is 12.3. The van der Waals surface area contributed by atoms with E-state index in [9.17, 15) is 13.2 Å². The number of halogens is 1. The Bertz CT molecular complexity index is 841. The minimum absolute atomic E-state index is 0.0203.